The molecule has 0 radical (unpaired) electrons. The van der Waals surface area contributed by atoms with Gasteiger partial charge in [-0.15, -0.1) is 0 Å². The van der Waals surface area contributed by atoms with Crippen molar-refractivity contribution in [3.63, 3.8) is 0 Å². The van der Waals surface area contributed by atoms with Crippen LogP contribution < -0.4 is 4.72 Å². The van der Waals surface area contributed by atoms with Gasteiger partial charge < -0.3 is 4.90 Å². The van der Waals surface area contributed by atoms with Gasteiger partial charge in [0.15, 0.2) is 0 Å². The Morgan fingerprint density at radius 3 is 2.47 bits per heavy atom. The number of carbonyl (C=O) groups excluding carboxylic acids is 1. The van der Waals surface area contributed by atoms with E-state index in [0.717, 1.165) is 24.5 Å². The summed E-state index contributed by atoms with van der Waals surface area (Å²) in [5, 5.41) is 0. The summed E-state index contributed by atoms with van der Waals surface area (Å²) < 4.78 is 68.4. The van der Waals surface area contributed by atoms with Crippen LogP contribution in [0.2, 0.25) is 0 Å². The zero-order chi connectivity index (χ0) is 23.0. The average molecular weight is 467 g/mol. The lowest BCUT2D eigenvalue weighted by Crippen LogP contribution is -2.36. The molecule has 2 aromatic rings. The van der Waals surface area contributed by atoms with Gasteiger partial charge in [0.1, 0.15) is 17.5 Å². The van der Waals surface area contributed by atoms with Gasteiger partial charge in [0, 0.05) is 25.0 Å². The van der Waals surface area contributed by atoms with Crippen molar-refractivity contribution >= 4 is 15.9 Å². The van der Waals surface area contributed by atoms with E-state index in [2.05, 4.69) is 4.72 Å². The molecule has 1 saturated heterocycles. The largest absolute Gasteiger partial charge is 0.342 e. The zero-order valence-electron chi connectivity index (χ0n) is 17.7. The summed E-state index contributed by atoms with van der Waals surface area (Å²) >= 11 is 0. The van der Waals surface area contributed by atoms with Crippen LogP contribution in [0.4, 0.5) is 13.2 Å². The van der Waals surface area contributed by atoms with Crippen molar-refractivity contribution < 1.29 is 26.4 Å². The summed E-state index contributed by atoms with van der Waals surface area (Å²) in [5.41, 5.74) is 0.472. The Morgan fingerprint density at radius 2 is 1.78 bits per heavy atom. The lowest BCUT2D eigenvalue weighted by Gasteiger charge is -2.21. The van der Waals surface area contributed by atoms with Crippen LogP contribution in [-0.2, 0) is 14.8 Å². The average Bonchev–Trinajstić information content (AvgIpc) is 3.52. The van der Waals surface area contributed by atoms with Gasteiger partial charge in [0.05, 0.1) is 11.8 Å². The molecule has 2 aromatic carbocycles. The Hall–Kier alpha value is -2.39. The first-order chi connectivity index (χ1) is 15.1. The van der Waals surface area contributed by atoms with E-state index in [0.29, 0.717) is 44.3 Å². The van der Waals surface area contributed by atoms with Crippen molar-refractivity contribution in [1.29, 1.82) is 0 Å². The van der Waals surface area contributed by atoms with Crippen molar-refractivity contribution in [3.05, 3.63) is 59.4 Å². The van der Waals surface area contributed by atoms with Crippen molar-refractivity contribution in [2.24, 2.45) is 5.92 Å². The number of benzene rings is 2. The van der Waals surface area contributed by atoms with E-state index in [4.69, 9.17) is 0 Å². The second-order valence-electron chi connectivity index (χ2n) is 8.62. The van der Waals surface area contributed by atoms with Crippen LogP contribution in [0.5, 0.6) is 0 Å². The number of nitrogens with zero attached hydrogens (tertiary/aromatic N) is 1. The monoisotopic (exact) mass is 466 g/mol. The van der Waals surface area contributed by atoms with Crippen LogP contribution in [-0.4, -0.2) is 44.6 Å². The van der Waals surface area contributed by atoms with Crippen LogP contribution in [0.3, 0.4) is 0 Å². The highest BCUT2D eigenvalue weighted by atomic mass is 32.2. The van der Waals surface area contributed by atoms with Crippen molar-refractivity contribution in [2.75, 3.05) is 19.3 Å². The Balaban J connectivity index is 1.51. The van der Waals surface area contributed by atoms with Crippen LogP contribution >= 0.6 is 0 Å². The molecular formula is C23H25F3N2O3S. The standard InChI is InChI=1S/C23H25F3N2O3S/c1-32(30,31)27-15-4-3-10-28(11-9-15)23(29)19-13-18(19)17-12-14(24)7-8-16(17)22-20(25)5-2-6-21(22)26/h2,5-8,12,15,18-19,27H,3-4,9-11,13H2,1H3/t15-,18-,19+/m0/s1. The third kappa shape index (κ3) is 4.99. The van der Waals surface area contributed by atoms with Gasteiger partial charge in [-0.1, -0.05) is 12.1 Å². The predicted octanol–water partition coefficient (Wildman–Crippen LogP) is 3.80. The third-order valence-electron chi connectivity index (χ3n) is 6.17. The summed E-state index contributed by atoms with van der Waals surface area (Å²) in [7, 11) is -3.32. The smallest absolute Gasteiger partial charge is 0.226 e. The van der Waals surface area contributed by atoms with E-state index in [1.54, 1.807) is 4.90 Å². The number of amides is 1. The van der Waals surface area contributed by atoms with Gasteiger partial charge in [-0.2, -0.15) is 0 Å². The van der Waals surface area contributed by atoms with Gasteiger partial charge in [-0.3, -0.25) is 4.79 Å². The van der Waals surface area contributed by atoms with Gasteiger partial charge in [-0.05, 0) is 67.0 Å². The molecule has 4 rings (SSSR count). The maximum Gasteiger partial charge on any atom is 0.226 e. The van der Waals surface area contributed by atoms with Gasteiger partial charge in [0.2, 0.25) is 15.9 Å². The molecule has 172 valence electrons. The van der Waals surface area contributed by atoms with E-state index in [9.17, 15) is 26.4 Å². The lowest BCUT2D eigenvalue weighted by molar-refractivity contribution is -0.132. The fourth-order valence-electron chi connectivity index (χ4n) is 4.61. The Labute approximate surface area is 185 Å². The summed E-state index contributed by atoms with van der Waals surface area (Å²) in [6, 6.07) is 7.14. The molecule has 1 N–H and O–H groups in total. The van der Waals surface area contributed by atoms with Crippen molar-refractivity contribution in [3.8, 4) is 11.1 Å². The fourth-order valence-corrected chi connectivity index (χ4v) is 5.45. The highest BCUT2D eigenvalue weighted by Gasteiger charge is 2.47. The topological polar surface area (TPSA) is 66.5 Å². The quantitative estimate of drug-likeness (QED) is 0.729. The highest BCUT2D eigenvalue weighted by molar-refractivity contribution is 7.88. The lowest BCUT2D eigenvalue weighted by atomic mass is 9.94. The van der Waals surface area contributed by atoms with Crippen LogP contribution in [0.1, 0.15) is 37.2 Å². The van der Waals surface area contributed by atoms with Crippen molar-refractivity contribution in [2.45, 2.75) is 37.6 Å². The molecule has 1 aliphatic carbocycles. The molecule has 9 heteroatoms. The highest BCUT2D eigenvalue weighted by Crippen LogP contribution is 2.52. The maximum absolute atomic E-state index is 14.4. The molecule has 32 heavy (non-hydrogen) atoms. The minimum atomic E-state index is -3.32. The third-order valence-corrected chi connectivity index (χ3v) is 6.93. The molecule has 0 aromatic heterocycles. The molecule has 2 fully saturated rings. The Bertz CT molecular complexity index is 1120. The molecule has 5 nitrogen and oxygen atoms in total. The molecule has 1 aliphatic heterocycles. The maximum atomic E-state index is 14.4. The van der Waals surface area contributed by atoms with Crippen LogP contribution in [0.25, 0.3) is 11.1 Å². The molecule has 1 saturated carbocycles. The summed E-state index contributed by atoms with van der Waals surface area (Å²) in [4.78, 5) is 14.8. The number of carbonyl (C=O) groups is 1. The normalized spacial score (nSPS) is 23.6. The van der Waals surface area contributed by atoms with Gasteiger partial charge in [0.25, 0.3) is 0 Å². The minimum Gasteiger partial charge on any atom is -0.342 e. The molecule has 0 bridgehead atoms. The number of sulfonamides is 1. The molecular weight excluding hydrogens is 441 g/mol. The van der Waals surface area contributed by atoms with E-state index in [1.165, 1.54) is 18.2 Å². The first-order valence-electron chi connectivity index (χ1n) is 10.6. The number of hydrogen-bond acceptors (Lipinski definition) is 3. The number of hydrogen-bond donors (Lipinski definition) is 1. The Kier molecular flexibility index (Phi) is 6.31. The number of nitrogens with one attached hydrogen (secondary N) is 1. The van der Waals surface area contributed by atoms with Crippen molar-refractivity contribution in [1.82, 2.24) is 9.62 Å². The molecule has 2 aliphatic rings. The van der Waals surface area contributed by atoms with Crippen LogP contribution in [0, 0.1) is 23.4 Å². The van der Waals surface area contributed by atoms with E-state index in [-0.39, 0.29) is 34.9 Å². The summed E-state index contributed by atoms with van der Waals surface area (Å²) in [6.45, 7) is 0.940. The fraction of sp³-hybridized carbons (Fsp3) is 0.435. The van der Waals surface area contributed by atoms with E-state index < -0.39 is 27.5 Å². The summed E-state index contributed by atoms with van der Waals surface area (Å²) in [6.07, 6.45) is 3.42. The molecule has 0 spiro atoms. The van der Waals surface area contributed by atoms with E-state index in [1.807, 2.05) is 0 Å². The Morgan fingerprint density at radius 1 is 1.06 bits per heavy atom. The first-order valence-corrected chi connectivity index (χ1v) is 12.5. The SMILES string of the molecule is CS(=O)(=O)N[C@H]1CCCN(C(=O)[C@@H]2C[C@H]2c2cc(F)ccc2-c2c(F)cccc2F)CC1. The molecule has 0 unspecified atom stereocenters. The summed E-state index contributed by atoms with van der Waals surface area (Å²) in [5.74, 6) is -2.79. The minimum absolute atomic E-state index is 0.0841. The van der Waals surface area contributed by atoms with E-state index >= 15 is 0 Å². The number of rotatable bonds is 5. The predicted molar refractivity (Wildman–Crippen MR) is 115 cm³/mol. The number of likely N-dealkylation sites (tertiary alicyclic amines) is 1. The molecule has 1 heterocycles. The van der Waals surface area contributed by atoms with Gasteiger partial charge >= 0.3 is 0 Å². The second kappa shape index (κ2) is 8.86. The number of halogens is 3. The molecule has 3 atom stereocenters. The first kappa shape index (κ1) is 22.8. The van der Waals surface area contributed by atoms with Crippen LogP contribution in [0.15, 0.2) is 36.4 Å². The van der Waals surface area contributed by atoms with Gasteiger partial charge in [-0.25, -0.2) is 26.3 Å². The molecule has 1 amide bonds. The zero-order valence-corrected chi connectivity index (χ0v) is 18.5. The second-order valence-corrected chi connectivity index (χ2v) is 10.4.